The Kier molecular flexibility index (Phi) is 10.4. The molecule has 0 heterocycles. The van der Waals surface area contributed by atoms with Crippen LogP contribution in [0.2, 0.25) is 0 Å². The Hall–Kier alpha value is -3.18. The maximum absolute atomic E-state index is 13.5. The molecule has 0 fully saturated rings. The van der Waals surface area contributed by atoms with E-state index in [0.717, 1.165) is 5.56 Å². The monoisotopic (exact) mass is 535 g/mol. The van der Waals surface area contributed by atoms with E-state index in [2.05, 4.69) is 5.32 Å². The fraction of sp³-hybridized carbons (Fsp3) is 0.500. The van der Waals surface area contributed by atoms with Crippen LogP contribution in [0.3, 0.4) is 0 Å². The van der Waals surface area contributed by atoms with E-state index in [1.807, 2.05) is 13.8 Å². The number of carbonyl (C=O) groups is 1. The first kappa shape index (κ1) is 30.0. The van der Waals surface area contributed by atoms with Gasteiger partial charge >= 0.3 is 6.09 Å². The number of nitrogens with zero attached hydrogens (tertiary/aromatic N) is 2. The number of hydrogen-bond donors (Lipinski definition) is 1. The molecule has 11 heteroatoms. The molecule has 10 nitrogen and oxygen atoms in total. The summed E-state index contributed by atoms with van der Waals surface area (Å²) >= 11 is 0. The smallest absolute Gasteiger partial charge is 0.407 e. The van der Waals surface area contributed by atoms with Crippen molar-refractivity contribution in [3.63, 3.8) is 0 Å². The average molecular weight is 536 g/mol. The van der Waals surface area contributed by atoms with Crippen LogP contribution in [0, 0.1) is 16.0 Å². The molecule has 37 heavy (non-hydrogen) atoms. The number of nitro groups is 1. The Bertz CT molecular complexity index is 1140. The zero-order chi connectivity index (χ0) is 27.8. The average Bonchev–Trinajstić information content (AvgIpc) is 2.80. The predicted molar refractivity (Wildman–Crippen MR) is 141 cm³/mol. The molecule has 2 aromatic rings. The van der Waals surface area contributed by atoms with Crippen molar-refractivity contribution in [1.82, 2.24) is 9.62 Å². The topological polar surface area (TPSA) is 128 Å². The lowest BCUT2D eigenvalue weighted by atomic mass is 10.0. The molecule has 0 spiro atoms. The summed E-state index contributed by atoms with van der Waals surface area (Å²) in [5, 5.41) is 13.8. The second kappa shape index (κ2) is 12.9. The highest BCUT2D eigenvalue weighted by molar-refractivity contribution is 7.89. The summed E-state index contributed by atoms with van der Waals surface area (Å²) in [4.78, 5) is 23.2. The SMILES string of the molecule is COc1ccc(S(=O)(=O)N(CC[C@H](Cc2ccc([N+](=O)[O-])cc2)NC(=O)OC(C)(C)C)CC(C)C)cc1. The normalized spacial score (nSPS) is 12.9. The molecule has 1 N–H and O–H groups in total. The van der Waals surface area contributed by atoms with Crippen molar-refractivity contribution in [3.05, 3.63) is 64.2 Å². The van der Waals surface area contributed by atoms with Gasteiger partial charge in [0.2, 0.25) is 10.0 Å². The zero-order valence-electron chi connectivity index (χ0n) is 22.3. The van der Waals surface area contributed by atoms with Crippen LogP contribution in [0.15, 0.2) is 53.4 Å². The summed E-state index contributed by atoms with van der Waals surface area (Å²) in [6.45, 7) is 9.58. The Morgan fingerprint density at radius 2 is 1.68 bits per heavy atom. The van der Waals surface area contributed by atoms with Crippen LogP contribution in [0.5, 0.6) is 5.75 Å². The van der Waals surface area contributed by atoms with Crippen LogP contribution in [0.1, 0.15) is 46.6 Å². The highest BCUT2D eigenvalue weighted by atomic mass is 32.2. The number of rotatable bonds is 12. The Labute approximate surface area is 219 Å². The summed E-state index contributed by atoms with van der Waals surface area (Å²) in [6.07, 6.45) is 0.0288. The van der Waals surface area contributed by atoms with E-state index in [1.54, 1.807) is 45.0 Å². The summed E-state index contributed by atoms with van der Waals surface area (Å²) in [7, 11) is -2.29. The minimum absolute atomic E-state index is 0.0332. The van der Waals surface area contributed by atoms with Crippen LogP contribution in [0.25, 0.3) is 0 Å². The molecule has 2 rings (SSSR count). The minimum Gasteiger partial charge on any atom is -0.497 e. The molecule has 0 aliphatic carbocycles. The summed E-state index contributed by atoms with van der Waals surface area (Å²) in [5.74, 6) is 0.624. The first-order valence-electron chi connectivity index (χ1n) is 12.1. The van der Waals surface area contributed by atoms with Gasteiger partial charge in [-0.15, -0.1) is 0 Å². The van der Waals surface area contributed by atoms with Crippen LogP contribution < -0.4 is 10.1 Å². The molecule has 0 unspecified atom stereocenters. The molecular formula is C26H37N3O7S. The summed E-state index contributed by atoms with van der Waals surface area (Å²) in [5.41, 5.74) is 0.0257. The highest BCUT2D eigenvalue weighted by Gasteiger charge is 2.27. The van der Waals surface area contributed by atoms with Gasteiger partial charge in [0.05, 0.1) is 16.9 Å². The second-order valence-electron chi connectivity index (χ2n) is 10.2. The van der Waals surface area contributed by atoms with Gasteiger partial charge in [-0.25, -0.2) is 13.2 Å². The number of benzene rings is 2. The fourth-order valence-corrected chi connectivity index (χ4v) is 5.27. The Morgan fingerprint density at radius 1 is 1.08 bits per heavy atom. The quantitative estimate of drug-likeness (QED) is 0.306. The van der Waals surface area contributed by atoms with E-state index in [4.69, 9.17) is 9.47 Å². The number of methoxy groups -OCH3 is 1. The number of amides is 1. The Morgan fingerprint density at radius 3 is 2.16 bits per heavy atom. The maximum Gasteiger partial charge on any atom is 0.407 e. The van der Waals surface area contributed by atoms with Gasteiger partial charge in [-0.3, -0.25) is 10.1 Å². The molecule has 1 atom stereocenters. The predicted octanol–water partition coefficient (Wildman–Crippen LogP) is 4.78. The first-order chi connectivity index (χ1) is 17.2. The molecule has 0 radical (unpaired) electrons. The number of nitrogens with one attached hydrogen (secondary N) is 1. The van der Waals surface area contributed by atoms with Gasteiger partial charge in [-0.05, 0) is 69.4 Å². The molecule has 0 aliphatic heterocycles. The maximum atomic E-state index is 13.5. The molecule has 0 bridgehead atoms. The van der Waals surface area contributed by atoms with Crippen molar-refractivity contribution in [2.24, 2.45) is 5.92 Å². The number of hydrogen-bond acceptors (Lipinski definition) is 7. The van der Waals surface area contributed by atoms with Crippen molar-refractivity contribution >= 4 is 21.8 Å². The minimum atomic E-state index is -3.80. The van der Waals surface area contributed by atoms with E-state index < -0.39 is 32.7 Å². The molecule has 0 saturated heterocycles. The largest absolute Gasteiger partial charge is 0.497 e. The van der Waals surface area contributed by atoms with Gasteiger partial charge in [0, 0.05) is 31.3 Å². The van der Waals surface area contributed by atoms with Crippen LogP contribution in [-0.2, 0) is 21.2 Å². The van der Waals surface area contributed by atoms with E-state index in [9.17, 15) is 23.3 Å². The van der Waals surface area contributed by atoms with Crippen molar-refractivity contribution < 1.29 is 27.6 Å². The van der Waals surface area contributed by atoms with Gasteiger partial charge in [0.25, 0.3) is 5.69 Å². The number of non-ortho nitro benzene ring substituents is 1. The van der Waals surface area contributed by atoms with Crippen molar-refractivity contribution in [3.8, 4) is 5.75 Å². The van der Waals surface area contributed by atoms with Crippen molar-refractivity contribution in [2.45, 2.75) is 64.0 Å². The molecule has 1 amide bonds. The lowest BCUT2D eigenvalue weighted by Crippen LogP contribution is -2.43. The van der Waals surface area contributed by atoms with Gasteiger partial charge in [0.1, 0.15) is 11.4 Å². The molecule has 0 aromatic heterocycles. The van der Waals surface area contributed by atoms with E-state index in [1.165, 1.54) is 35.7 Å². The third-order valence-corrected chi connectivity index (χ3v) is 7.22. The molecule has 0 aliphatic rings. The number of ether oxygens (including phenoxy) is 2. The fourth-order valence-electron chi connectivity index (χ4n) is 3.65. The number of sulfonamides is 1. The lowest BCUT2D eigenvalue weighted by molar-refractivity contribution is -0.384. The van der Waals surface area contributed by atoms with E-state index in [-0.39, 0.29) is 23.0 Å². The molecular weight excluding hydrogens is 498 g/mol. The van der Waals surface area contributed by atoms with Gasteiger partial charge in [0.15, 0.2) is 0 Å². The standard InChI is InChI=1S/C26H37N3O7S/c1-19(2)18-28(37(33,34)24-13-11-23(35-6)12-14-24)16-15-21(27-25(30)36-26(3,4)5)17-20-7-9-22(10-8-20)29(31)32/h7-14,19,21H,15-18H2,1-6H3,(H,27,30)/t21-/m1/s1. The third-order valence-electron chi connectivity index (χ3n) is 5.34. The van der Waals surface area contributed by atoms with Gasteiger partial charge < -0.3 is 14.8 Å². The summed E-state index contributed by atoms with van der Waals surface area (Å²) in [6, 6.07) is 11.8. The number of alkyl carbamates (subject to hydrolysis) is 1. The second-order valence-corrected chi connectivity index (χ2v) is 12.1. The summed E-state index contributed by atoms with van der Waals surface area (Å²) < 4.78 is 38.9. The zero-order valence-corrected chi connectivity index (χ0v) is 23.1. The molecule has 2 aromatic carbocycles. The Balaban J connectivity index is 2.26. The first-order valence-corrected chi connectivity index (χ1v) is 13.5. The van der Waals surface area contributed by atoms with Gasteiger partial charge in [-0.2, -0.15) is 4.31 Å². The third kappa shape index (κ3) is 9.66. The highest BCUT2D eigenvalue weighted by Crippen LogP contribution is 2.22. The number of nitro benzene ring substituents is 1. The van der Waals surface area contributed by atoms with Crippen LogP contribution >= 0.6 is 0 Å². The van der Waals surface area contributed by atoms with Crippen LogP contribution in [0.4, 0.5) is 10.5 Å². The van der Waals surface area contributed by atoms with Crippen molar-refractivity contribution in [1.29, 1.82) is 0 Å². The van der Waals surface area contributed by atoms with Crippen LogP contribution in [-0.4, -0.2) is 55.6 Å². The van der Waals surface area contributed by atoms with Gasteiger partial charge in [-0.1, -0.05) is 26.0 Å². The molecule has 0 saturated carbocycles. The lowest BCUT2D eigenvalue weighted by Gasteiger charge is -2.28. The van der Waals surface area contributed by atoms with Crippen molar-refractivity contribution in [2.75, 3.05) is 20.2 Å². The van der Waals surface area contributed by atoms with E-state index >= 15 is 0 Å². The molecule has 204 valence electrons. The number of carbonyl (C=O) groups excluding carboxylic acids is 1. The van der Waals surface area contributed by atoms with E-state index in [0.29, 0.717) is 25.1 Å².